The molecule has 4 aliphatic rings. The van der Waals surface area contributed by atoms with Crippen LogP contribution >= 0.6 is 0 Å². The van der Waals surface area contributed by atoms with Crippen molar-refractivity contribution in [3.05, 3.63) is 28.4 Å². The minimum atomic E-state index is -0.348. The molecule has 5 rings (SSSR count). The number of nitrogens with one attached hydrogen (secondary N) is 2. The number of nitrogens with zero attached hydrogens (tertiary/aromatic N) is 1. The largest absolute Gasteiger partial charge is 0.351 e. The normalized spacial score (nSPS) is 35.5. The van der Waals surface area contributed by atoms with Crippen LogP contribution in [0.15, 0.2) is 17.1 Å². The minimum absolute atomic E-state index is 0.0808. The van der Waals surface area contributed by atoms with Gasteiger partial charge in [-0.25, -0.2) is 9.78 Å². The summed E-state index contributed by atoms with van der Waals surface area (Å²) in [5, 5.41) is 3.36. The zero-order valence-corrected chi connectivity index (χ0v) is 12.8. The van der Waals surface area contributed by atoms with Gasteiger partial charge in [-0.2, -0.15) is 0 Å². The van der Waals surface area contributed by atoms with Gasteiger partial charge in [0.2, 0.25) is 5.91 Å². The molecule has 4 saturated carbocycles. The fraction of sp³-hybridized carbons (Fsp3) is 0.706. The number of aromatic amines is 1. The Morgan fingerprint density at radius 3 is 2.45 bits per heavy atom. The lowest BCUT2D eigenvalue weighted by atomic mass is 9.53. The van der Waals surface area contributed by atoms with Crippen molar-refractivity contribution < 1.29 is 4.79 Å². The Bertz CT molecular complexity index is 602. The Hall–Kier alpha value is -1.65. The lowest BCUT2D eigenvalue weighted by Gasteiger charge is -2.56. The molecule has 1 aromatic heterocycles. The number of aryl methyl sites for hydroxylation is 1. The van der Waals surface area contributed by atoms with Gasteiger partial charge in [0, 0.05) is 23.9 Å². The van der Waals surface area contributed by atoms with Crippen LogP contribution < -0.4 is 11.0 Å². The molecule has 0 unspecified atom stereocenters. The summed E-state index contributed by atoms with van der Waals surface area (Å²) in [4.78, 5) is 29.8. The second kappa shape index (κ2) is 5.21. The second-order valence-electron chi connectivity index (χ2n) is 7.65. The van der Waals surface area contributed by atoms with Crippen molar-refractivity contribution in [3.63, 3.8) is 0 Å². The van der Waals surface area contributed by atoms with Crippen LogP contribution in [0.4, 0.5) is 0 Å². The molecule has 1 heterocycles. The first-order chi connectivity index (χ1) is 10.6. The SMILES string of the molecule is O=C(CCc1ccnc(=O)[nH]1)NC12CC3CC(CC(C3)C1)C2. The Labute approximate surface area is 129 Å². The number of rotatable bonds is 4. The van der Waals surface area contributed by atoms with E-state index in [0.29, 0.717) is 12.8 Å². The minimum Gasteiger partial charge on any atom is -0.351 e. The fourth-order valence-electron chi connectivity index (χ4n) is 5.42. The Morgan fingerprint density at radius 2 is 1.86 bits per heavy atom. The van der Waals surface area contributed by atoms with Crippen molar-refractivity contribution in [3.8, 4) is 0 Å². The van der Waals surface area contributed by atoms with Gasteiger partial charge in [0.15, 0.2) is 0 Å². The predicted molar refractivity (Wildman–Crippen MR) is 82.2 cm³/mol. The first-order valence-electron chi connectivity index (χ1n) is 8.45. The van der Waals surface area contributed by atoms with E-state index in [0.717, 1.165) is 23.4 Å². The molecule has 4 fully saturated rings. The van der Waals surface area contributed by atoms with Gasteiger partial charge in [-0.1, -0.05) is 0 Å². The van der Waals surface area contributed by atoms with E-state index in [1.807, 2.05) is 0 Å². The van der Waals surface area contributed by atoms with E-state index < -0.39 is 0 Å². The maximum absolute atomic E-state index is 12.4. The zero-order valence-electron chi connectivity index (χ0n) is 12.8. The topological polar surface area (TPSA) is 74.8 Å². The van der Waals surface area contributed by atoms with Crippen molar-refractivity contribution in [2.45, 2.75) is 56.9 Å². The highest BCUT2D eigenvalue weighted by Crippen LogP contribution is 2.55. The van der Waals surface area contributed by atoms with E-state index in [1.54, 1.807) is 6.07 Å². The molecule has 5 heteroatoms. The predicted octanol–water partition coefficient (Wildman–Crippen LogP) is 1.79. The molecule has 5 nitrogen and oxygen atoms in total. The molecule has 0 spiro atoms. The van der Waals surface area contributed by atoms with E-state index in [9.17, 15) is 9.59 Å². The number of hydrogen-bond acceptors (Lipinski definition) is 3. The van der Waals surface area contributed by atoms with Gasteiger partial charge in [0.05, 0.1) is 0 Å². The standard InChI is InChI=1S/C17H23N3O2/c21-15(2-1-14-3-4-18-16(22)19-14)20-17-8-11-5-12(9-17)7-13(6-11)10-17/h3-4,11-13H,1-2,5-10H2,(H,20,21)(H,18,19,22). The van der Waals surface area contributed by atoms with Crippen LogP contribution in [-0.4, -0.2) is 21.4 Å². The summed E-state index contributed by atoms with van der Waals surface area (Å²) in [6.07, 6.45) is 10.2. The molecule has 1 aromatic rings. The van der Waals surface area contributed by atoms with E-state index >= 15 is 0 Å². The zero-order chi connectivity index (χ0) is 15.2. The highest BCUT2D eigenvalue weighted by atomic mass is 16.2. The fourth-order valence-corrected chi connectivity index (χ4v) is 5.42. The molecular formula is C17H23N3O2. The number of carbonyl (C=O) groups excluding carboxylic acids is 1. The number of hydrogen-bond donors (Lipinski definition) is 2. The summed E-state index contributed by atoms with van der Waals surface area (Å²) in [7, 11) is 0. The van der Waals surface area contributed by atoms with Crippen LogP contribution in [0, 0.1) is 17.8 Å². The molecular weight excluding hydrogens is 278 g/mol. The van der Waals surface area contributed by atoms with Gasteiger partial charge in [0.1, 0.15) is 0 Å². The van der Waals surface area contributed by atoms with Crippen LogP contribution in [0.5, 0.6) is 0 Å². The Morgan fingerprint density at radius 1 is 1.23 bits per heavy atom. The third-order valence-electron chi connectivity index (χ3n) is 5.80. The highest BCUT2D eigenvalue weighted by molar-refractivity contribution is 5.77. The average molecular weight is 301 g/mol. The summed E-state index contributed by atoms with van der Waals surface area (Å²) in [5.41, 5.74) is 0.511. The van der Waals surface area contributed by atoms with Gasteiger partial charge in [-0.3, -0.25) is 4.79 Å². The summed E-state index contributed by atoms with van der Waals surface area (Å²) >= 11 is 0. The van der Waals surface area contributed by atoms with Crippen molar-refractivity contribution in [1.82, 2.24) is 15.3 Å². The van der Waals surface area contributed by atoms with E-state index in [4.69, 9.17) is 0 Å². The molecule has 4 bridgehead atoms. The maximum Gasteiger partial charge on any atom is 0.345 e. The first kappa shape index (κ1) is 14.0. The Kier molecular flexibility index (Phi) is 3.31. The Balaban J connectivity index is 1.37. The monoisotopic (exact) mass is 301 g/mol. The maximum atomic E-state index is 12.4. The third kappa shape index (κ3) is 2.69. The van der Waals surface area contributed by atoms with Gasteiger partial charge >= 0.3 is 5.69 Å². The molecule has 0 radical (unpaired) electrons. The van der Waals surface area contributed by atoms with Crippen LogP contribution in [0.1, 0.15) is 50.6 Å². The van der Waals surface area contributed by atoms with Crippen molar-refractivity contribution in [1.29, 1.82) is 0 Å². The second-order valence-corrected chi connectivity index (χ2v) is 7.65. The number of H-pyrrole nitrogens is 1. The number of amides is 1. The summed E-state index contributed by atoms with van der Waals surface area (Å²) < 4.78 is 0. The number of carbonyl (C=O) groups is 1. The average Bonchev–Trinajstić information content (AvgIpc) is 2.43. The van der Waals surface area contributed by atoms with Crippen LogP contribution in [0.3, 0.4) is 0 Å². The molecule has 2 N–H and O–H groups in total. The quantitative estimate of drug-likeness (QED) is 0.890. The van der Waals surface area contributed by atoms with Crippen molar-refractivity contribution in [2.75, 3.05) is 0 Å². The van der Waals surface area contributed by atoms with Crippen LogP contribution in [0.25, 0.3) is 0 Å². The van der Waals surface area contributed by atoms with E-state index in [1.165, 1.54) is 44.7 Å². The van der Waals surface area contributed by atoms with Gasteiger partial charge in [-0.15, -0.1) is 0 Å². The lowest BCUT2D eigenvalue weighted by molar-refractivity contribution is -0.126. The smallest absolute Gasteiger partial charge is 0.345 e. The number of aromatic nitrogens is 2. The lowest BCUT2D eigenvalue weighted by Crippen LogP contribution is -2.59. The van der Waals surface area contributed by atoms with Gasteiger partial charge in [0.25, 0.3) is 0 Å². The van der Waals surface area contributed by atoms with E-state index in [-0.39, 0.29) is 17.1 Å². The van der Waals surface area contributed by atoms with Crippen LogP contribution in [0.2, 0.25) is 0 Å². The first-order valence-corrected chi connectivity index (χ1v) is 8.45. The summed E-state index contributed by atoms with van der Waals surface area (Å²) in [6, 6.07) is 1.76. The van der Waals surface area contributed by atoms with Crippen molar-refractivity contribution >= 4 is 5.91 Å². The summed E-state index contributed by atoms with van der Waals surface area (Å²) in [5.74, 6) is 2.63. The molecule has 0 aromatic carbocycles. The third-order valence-corrected chi connectivity index (χ3v) is 5.80. The van der Waals surface area contributed by atoms with Crippen molar-refractivity contribution in [2.24, 2.45) is 17.8 Å². The van der Waals surface area contributed by atoms with Crippen LogP contribution in [-0.2, 0) is 11.2 Å². The molecule has 118 valence electrons. The van der Waals surface area contributed by atoms with Gasteiger partial charge < -0.3 is 10.3 Å². The molecule has 22 heavy (non-hydrogen) atoms. The molecule has 1 amide bonds. The highest BCUT2D eigenvalue weighted by Gasteiger charge is 2.51. The van der Waals surface area contributed by atoms with Gasteiger partial charge in [-0.05, 0) is 68.8 Å². The van der Waals surface area contributed by atoms with E-state index in [2.05, 4.69) is 15.3 Å². The molecule has 0 atom stereocenters. The molecule has 0 saturated heterocycles. The molecule has 4 aliphatic carbocycles. The molecule has 0 aliphatic heterocycles. The summed E-state index contributed by atoms with van der Waals surface area (Å²) in [6.45, 7) is 0.